The molecule has 1 aliphatic rings. The van der Waals surface area contributed by atoms with Gasteiger partial charge in [0.1, 0.15) is 17.8 Å². The van der Waals surface area contributed by atoms with Gasteiger partial charge in [-0.05, 0) is 67.0 Å². The van der Waals surface area contributed by atoms with Crippen LogP contribution in [0.3, 0.4) is 0 Å². The van der Waals surface area contributed by atoms with Crippen molar-refractivity contribution in [2.24, 2.45) is 5.92 Å². The van der Waals surface area contributed by atoms with Crippen LogP contribution in [0, 0.1) is 24.7 Å². The monoisotopic (exact) mass is 644 g/mol. The first-order chi connectivity index (χ1) is 20.7. The zero-order valence-electron chi connectivity index (χ0n) is 23.8. The molecule has 230 valence electrons. The Bertz CT molecular complexity index is 1920. The molecule has 2 aromatic heterocycles. The van der Waals surface area contributed by atoms with E-state index in [9.17, 15) is 26.4 Å². The molecule has 0 amide bonds. The summed E-state index contributed by atoms with van der Waals surface area (Å²) in [5, 5.41) is 4.70. The second-order valence-electron chi connectivity index (χ2n) is 10.8. The average molecular weight is 645 g/mol. The molecule has 2 aromatic carbocycles. The zero-order valence-corrected chi connectivity index (χ0v) is 25.4. The highest BCUT2D eigenvalue weighted by Gasteiger charge is 2.34. The van der Waals surface area contributed by atoms with Gasteiger partial charge in [-0.1, -0.05) is 29.7 Å². The predicted octanol–water partition coefficient (Wildman–Crippen LogP) is 4.89. The molecule has 0 saturated carbocycles. The van der Waals surface area contributed by atoms with Gasteiger partial charge in [-0.2, -0.15) is 18.3 Å². The molecule has 1 saturated heterocycles. The first-order valence-corrected chi connectivity index (χ1v) is 15.9. The maximum Gasteiger partial charge on any atom is 0.417 e. The summed E-state index contributed by atoms with van der Waals surface area (Å²) in [4.78, 5) is 21.4. The molecule has 14 heteroatoms. The number of Topliss-reactive ketones (excluding diaryl/α,β-unsaturated/α-hetero) is 1. The number of nitrogen functional groups attached to an aromatic ring is 1. The Morgan fingerprint density at radius 1 is 1.11 bits per heavy atom. The summed E-state index contributed by atoms with van der Waals surface area (Å²) in [6.07, 6.45) is -0.905. The van der Waals surface area contributed by atoms with Gasteiger partial charge in [0.05, 0.1) is 22.2 Å². The summed E-state index contributed by atoms with van der Waals surface area (Å²) in [5.41, 5.74) is 7.93. The lowest BCUT2D eigenvalue weighted by atomic mass is 9.98. The molecular formula is C30H28ClF3N6O3S. The minimum absolute atomic E-state index is 0.0931. The van der Waals surface area contributed by atoms with Crippen LogP contribution in [0.25, 0.3) is 11.0 Å². The number of fused-ring (bicyclic) bond motifs is 1. The van der Waals surface area contributed by atoms with E-state index < -0.39 is 32.6 Å². The van der Waals surface area contributed by atoms with Crippen molar-refractivity contribution in [3.05, 3.63) is 81.3 Å². The SMILES string of the molecule is Cc1ccc(CC(=O)c2ccc(Cl)c(C(F)(F)F)c2)cc1C#Cc1nn(CC2CCN(S(C)(=O)=O)CC2)c2ncnc(N)c12. The fourth-order valence-electron chi connectivity index (χ4n) is 5.16. The molecule has 1 fully saturated rings. The van der Waals surface area contributed by atoms with Crippen molar-refractivity contribution in [3.8, 4) is 11.8 Å². The average Bonchev–Trinajstić information content (AvgIpc) is 3.31. The van der Waals surface area contributed by atoms with Crippen molar-refractivity contribution in [3.63, 3.8) is 0 Å². The number of ketones is 1. The molecule has 0 atom stereocenters. The molecule has 44 heavy (non-hydrogen) atoms. The smallest absolute Gasteiger partial charge is 0.383 e. The summed E-state index contributed by atoms with van der Waals surface area (Å²) in [6, 6.07) is 8.34. The van der Waals surface area contributed by atoms with E-state index in [-0.39, 0.29) is 23.7 Å². The van der Waals surface area contributed by atoms with E-state index in [1.54, 1.807) is 22.9 Å². The third-order valence-electron chi connectivity index (χ3n) is 7.61. The molecule has 4 aromatic rings. The van der Waals surface area contributed by atoms with E-state index in [0.717, 1.165) is 17.7 Å². The van der Waals surface area contributed by atoms with Gasteiger partial charge in [-0.3, -0.25) is 4.79 Å². The fourth-order valence-corrected chi connectivity index (χ4v) is 6.26. The van der Waals surface area contributed by atoms with Crippen LogP contribution in [0.1, 0.15) is 51.1 Å². The largest absolute Gasteiger partial charge is 0.417 e. The Morgan fingerprint density at radius 3 is 2.52 bits per heavy atom. The molecular weight excluding hydrogens is 617 g/mol. The second kappa shape index (κ2) is 12.2. The minimum atomic E-state index is -4.68. The lowest BCUT2D eigenvalue weighted by Crippen LogP contribution is -2.38. The predicted molar refractivity (Wildman–Crippen MR) is 161 cm³/mol. The number of rotatable bonds is 6. The van der Waals surface area contributed by atoms with Gasteiger partial charge in [0.25, 0.3) is 0 Å². The Balaban J connectivity index is 1.39. The van der Waals surface area contributed by atoms with E-state index in [1.165, 1.54) is 23.0 Å². The van der Waals surface area contributed by atoms with Crippen LogP contribution >= 0.6 is 11.6 Å². The van der Waals surface area contributed by atoms with Gasteiger partial charge in [-0.15, -0.1) is 0 Å². The quantitative estimate of drug-likeness (QED) is 0.234. The Kier molecular flexibility index (Phi) is 8.71. The zero-order chi connectivity index (χ0) is 31.8. The molecule has 1 aliphatic heterocycles. The highest BCUT2D eigenvalue weighted by molar-refractivity contribution is 7.88. The topological polar surface area (TPSA) is 124 Å². The number of nitrogens with two attached hydrogens (primary N) is 1. The highest BCUT2D eigenvalue weighted by Crippen LogP contribution is 2.35. The van der Waals surface area contributed by atoms with Crippen LogP contribution in [0.2, 0.25) is 5.02 Å². The van der Waals surface area contributed by atoms with Crippen molar-refractivity contribution in [1.29, 1.82) is 0 Å². The maximum absolute atomic E-state index is 13.3. The molecule has 5 rings (SSSR count). The van der Waals surface area contributed by atoms with Crippen LogP contribution in [0.5, 0.6) is 0 Å². The van der Waals surface area contributed by atoms with Crippen molar-refractivity contribution >= 4 is 44.3 Å². The lowest BCUT2D eigenvalue weighted by molar-refractivity contribution is -0.137. The molecule has 3 heterocycles. The Hall–Kier alpha value is -3.99. The van der Waals surface area contributed by atoms with Crippen LogP contribution in [0.4, 0.5) is 19.0 Å². The number of alkyl halides is 3. The summed E-state index contributed by atoms with van der Waals surface area (Å²) in [5.74, 6) is 6.05. The van der Waals surface area contributed by atoms with Gasteiger partial charge >= 0.3 is 6.18 Å². The van der Waals surface area contributed by atoms with Gasteiger partial charge in [0, 0.05) is 37.2 Å². The number of carbonyl (C=O) groups excluding carboxylic acids is 1. The van der Waals surface area contributed by atoms with E-state index in [0.29, 0.717) is 60.3 Å². The van der Waals surface area contributed by atoms with Crippen molar-refractivity contribution in [1.82, 2.24) is 24.1 Å². The normalized spacial score (nSPS) is 14.9. The summed E-state index contributed by atoms with van der Waals surface area (Å²) >= 11 is 5.70. The van der Waals surface area contributed by atoms with E-state index >= 15 is 0 Å². The number of carbonyl (C=O) groups is 1. The Morgan fingerprint density at radius 2 is 1.84 bits per heavy atom. The molecule has 0 aliphatic carbocycles. The molecule has 0 bridgehead atoms. The summed E-state index contributed by atoms with van der Waals surface area (Å²) in [7, 11) is -3.24. The molecule has 9 nitrogen and oxygen atoms in total. The molecule has 0 spiro atoms. The third-order valence-corrected chi connectivity index (χ3v) is 9.24. The van der Waals surface area contributed by atoms with Gasteiger partial charge in [0.2, 0.25) is 10.0 Å². The van der Waals surface area contributed by atoms with Crippen LogP contribution in [-0.4, -0.2) is 57.6 Å². The first-order valence-electron chi connectivity index (χ1n) is 13.6. The fraction of sp³-hybridized carbons (Fsp3) is 0.333. The highest BCUT2D eigenvalue weighted by atomic mass is 35.5. The first kappa shape index (κ1) is 31.4. The van der Waals surface area contributed by atoms with Crippen molar-refractivity contribution in [2.75, 3.05) is 25.1 Å². The maximum atomic E-state index is 13.3. The van der Waals surface area contributed by atoms with Crippen LogP contribution in [0.15, 0.2) is 42.7 Å². The number of benzene rings is 2. The number of aromatic nitrogens is 4. The summed E-state index contributed by atoms with van der Waals surface area (Å²) < 4.78 is 66.8. The number of nitrogens with zero attached hydrogens (tertiary/aromatic N) is 5. The van der Waals surface area contributed by atoms with E-state index in [4.69, 9.17) is 17.3 Å². The van der Waals surface area contributed by atoms with Crippen molar-refractivity contribution in [2.45, 2.75) is 38.9 Å². The standard InChI is InChI=1S/C30H28ClF3N6O3S/c1-18-3-4-20(14-26(41)22-5-7-24(31)23(15-22)30(32,33)34)13-21(18)6-8-25-27-28(35)36-17-37-29(27)40(38-25)16-19-9-11-39(12-10-19)44(2,42)43/h3-5,7,13,15,17,19H,9-12,14,16H2,1-2H3,(H2,35,36,37). The Labute approximate surface area is 257 Å². The molecule has 0 radical (unpaired) electrons. The van der Waals surface area contributed by atoms with Crippen LogP contribution < -0.4 is 5.73 Å². The molecule has 0 unspecified atom stereocenters. The van der Waals surface area contributed by atoms with Gasteiger partial charge < -0.3 is 5.73 Å². The lowest BCUT2D eigenvalue weighted by Gasteiger charge is -2.30. The van der Waals surface area contributed by atoms with Gasteiger partial charge in [0.15, 0.2) is 11.4 Å². The van der Waals surface area contributed by atoms with E-state index in [1.807, 2.05) is 6.92 Å². The number of hydrogen-bond donors (Lipinski definition) is 1. The number of sulfonamides is 1. The number of piperidine rings is 1. The van der Waals surface area contributed by atoms with Gasteiger partial charge in [-0.25, -0.2) is 27.4 Å². The second-order valence-corrected chi connectivity index (χ2v) is 13.2. The third kappa shape index (κ3) is 6.88. The van der Waals surface area contributed by atoms with Crippen LogP contribution in [-0.2, 0) is 29.2 Å². The number of hydrogen-bond acceptors (Lipinski definition) is 7. The number of anilines is 1. The molecule has 2 N–H and O–H groups in total. The summed E-state index contributed by atoms with van der Waals surface area (Å²) in [6.45, 7) is 3.23. The van der Waals surface area contributed by atoms with E-state index in [2.05, 4.69) is 26.9 Å². The minimum Gasteiger partial charge on any atom is -0.383 e. The van der Waals surface area contributed by atoms with Crippen molar-refractivity contribution < 1.29 is 26.4 Å². The number of aryl methyl sites for hydroxylation is 1. The number of halogens is 4.